The Morgan fingerprint density at radius 1 is 0.710 bits per heavy atom. The molecule has 2 rings (SSSR count). The van der Waals surface area contributed by atoms with E-state index in [1.165, 1.54) is 13.8 Å². The van der Waals surface area contributed by atoms with Crippen molar-refractivity contribution in [3.63, 3.8) is 0 Å². The lowest BCUT2D eigenvalue weighted by Gasteiger charge is -2.29. The Hall–Kier alpha value is -5.14. The van der Waals surface area contributed by atoms with Gasteiger partial charge < -0.3 is 58.5 Å². The summed E-state index contributed by atoms with van der Waals surface area (Å²) in [5.41, 5.74) is 12.7. The number of benzene rings is 1. The minimum absolute atomic E-state index is 0.0245. The van der Waals surface area contributed by atoms with E-state index >= 15 is 0 Å². The summed E-state index contributed by atoms with van der Waals surface area (Å²) in [6, 6.07) is -0.870. The number of nitrogens with two attached hydrogens (primary N) is 2. The molecule has 1 aromatic carbocycles. The van der Waals surface area contributed by atoms with Crippen LogP contribution in [0.4, 0.5) is 0 Å². The van der Waals surface area contributed by atoms with E-state index < -0.39 is 108 Å². The first-order valence-corrected chi connectivity index (χ1v) is 21.6. The monoisotopic (exact) mass is 874 g/mol. The zero-order valence-electron chi connectivity index (χ0n) is 37.5. The van der Waals surface area contributed by atoms with Gasteiger partial charge in [0.25, 0.3) is 0 Å². The minimum atomic E-state index is -1.68. The predicted octanol–water partition coefficient (Wildman–Crippen LogP) is -0.825. The van der Waals surface area contributed by atoms with E-state index in [2.05, 4.69) is 37.2 Å². The second-order valence-electron chi connectivity index (χ2n) is 17.3. The van der Waals surface area contributed by atoms with E-state index in [-0.39, 0.29) is 49.9 Å². The Bertz CT molecular complexity index is 1660. The van der Waals surface area contributed by atoms with Crippen LogP contribution in [0.2, 0.25) is 0 Å². The van der Waals surface area contributed by atoms with Crippen molar-refractivity contribution in [1.82, 2.24) is 37.2 Å². The smallest absolute Gasteiger partial charge is 0.328 e. The molecule has 1 heterocycles. The number of carbonyl (C=O) groups excluding carboxylic acids is 8. The van der Waals surface area contributed by atoms with Crippen LogP contribution in [0.15, 0.2) is 30.3 Å². The summed E-state index contributed by atoms with van der Waals surface area (Å²) in [7, 11) is 0. The fraction of sp³-hybridized carbons (Fsp3) is 0.674. The van der Waals surface area contributed by atoms with Gasteiger partial charge in [0, 0.05) is 0 Å². The maximum atomic E-state index is 13.8. The standard InChI is InChI=1S/C43H71N9O10/c1-23(2)18-31-40(58)50-33(20-25(5)6)43(61)62-27(8)35(42(60)46-26(7)36(54)48-31)52-41(59)34(22-53)51-38(56)30(16-12-13-17-44)47-39(57)32(19-24(3)4)49-37(55)29(45)21-28-14-10-9-11-15-28/h9-11,14-15,23-27,29-35,53H,12-13,16-22,44-45H2,1-8H3,(H,46,60)(H,47,57)(H,48,54)(H,49,55)(H,50,58)(H,51,56)(H,52,59)/t26-,27-,29-,30+,31-,32+,33-,34-,35+/m0/s1. The highest BCUT2D eigenvalue weighted by Gasteiger charge is 2.38. The summed E-state index contributed by atoms with van der Waals surface area (Å²) >= 11 is 0. The van der Waals surface area contributed by atoms with Gasteiger partial charge in [0.2, 0.25) is 41.4 Å². The van der Waals surface area contributed by atoms with Crippen molar-refractivity contribution >= 4 is 47.3 Å². The molecule has 1 aliphatic heterocycles. The number of hydrogen-bond donors (Lipinski definition) is 10. The average molecular weight is 874 g/mol. The first-order chi connectivity index (χ1) is 29.2. The molecule has 1 fully saturated rings. The largest absolute Gasteiger partial charge is 0.458 e. The molecule has 19 heteroatoms. The Morgan fingerprint density at radius 2 is 1.27 bits per heavy atom. The Labute approximate surface area is 365 Å². The van der Waals surface area contributed by atoms with E-state index in [0.717, 1.165) is 5.56 Å². The molecule has 7 amide bonds. The van der Waals surface area contributed by atoms with Crippen LogP contribution in [-0.2, 0) is 49.5 Å². The number of hydrogen-bond acceptors (Lipinski definition) is 12. The molecule has 0 spiro atoms. The number of esters is 1. The number of aliphatic hydroxyl groups is 1. The van der Waals surface area contributed by atoms with Crippen LogP contribution in [0.25, 0.3) is 0 Å². The summed E-state index contributed by atoms with van der Waals surface area (Å²) in [6.07, 6.45) is 0.418. The van der Waals surface area contributed by atoms with E-state index in [9.17, 15) is 43.5 Å². The zero-order valence-corrected chi connectivity index (χ0v) is 37.5. The molecule has 0 unspecified atom stereocenters. The topological polar surface area (TPSA) is 302 Å². The van der Waals surface area contributed by atoms with E-state index in [0.29, 0.717) is 19.4 Å². The quantitative estimate of drug-likeness (QED) is 0.0535. The van der Waals surface area contributed by atoms with E-state index in [4.69, 9.17) is 16.2 Å². The third-order valence-corrected chi connectivity index (χ3v) is 10.1. The number of nitrogens with one attached hydrogen (secondary N) is 7. The van der Waals surface area contributed by atoms with Crippen molar-refractivity contribution in [2.45, 2.75) is 155 Å². The molecule has 1 aromatic rings. The summed E-state index contributed by atoms with van der Waals surface area (Å²) in [6.45, 7) is 13.2. The van der Waals surface area contributed by atoms with Gasteiger partial charge in [-0.2, -0.15) is 0 Å². The average Bonchev–Trinajstić information content (AvgIpc) is 3.19. The molecular formula is C43H71N9O10. The van der Waals surface area contributed by atoms with Gasteiger partial charge in [0.1, 0.15) is 48.4 Å². The third kappa shape index (κ3) is 18.1. The van der Waals surface area contributed by atoms with E-state index in [1.807, 2.05) is 71.9 Å². The van der Waals surface area contributed by atoms with Crippen LogP contribution in [-0.4, -0.2) is 120 Å². The second kappa shape index (κ2) is 26.4. The molecule has 1 saturated heterocycles. The van der Waals surface area contributed by atoms with Crippen molar-refractivity contribution in [1.29, 1.82) is 0 Å². The summed E-state index contributed by atoms with van der Waals surface area (Å²) < 4.78 is 5.66. The molecule has 0 bridgehead atoms. The van der Waals surface area contributed by atoms with Crippen LogP contribution in [0.3, 0.4) is 0 Å². The van der Waals surface area contributed by atoms with Crippen LogP contribution >= 0.6 is 0 Å². The van der Waals surface area contributed by atoms with Crippen LogP contribution in [0, 0.1) is 17.8 Å². The molecule has 0 radical (unpaired) electrons. The van der Waals surface area contributed by atoms with Crippen molar-refractivity contribution in [2.24, 2.45) is 29.2 Å². The zero-order chi connectivity index (χ0) is 46.7. The minimum Gasteiger partial charge on any atom is -0.458 e. The molecule has 0 aliphatic carbocycles. The van der Waals surface area contributed by atoms with Crippen molar-refractivity contribution < 1.29 is 48.2 Å². The van der Waals surface area contributed by atoms with Gasteiger partial charge >= 0.3 is 5.97 Å². The molecular weight excluding hydrogens is 803 g/mol. The van der Waals surface area contributed by atoms with Crippen LogP contribution in [0.1, 0.15) is 99.5 Å². The Balaban J connectivity index is 2.34. The van der Waals surface area contributed by atoms with Gasteiger partial charge in [0.15, 0.2) is 0 Å². The van der Waals surface area contributed by atoms with E-state index in [1.54, 1.807) is 0 Å². The highest BCUT2D eigenvalue weighted by atomic mass is 16.5. The lowest BCUT2D eigenvalue weighted by atomic mass is 10.00. The third-order valence-electron chi connectivity index (χ3n) is 10.1. The van der Waals surface area contributed by atoms with Crippen molar-refractivity contribution in [2.75, 3.05) is 13.2 Å². The molecule has 62 heavy (non-hydrogen) atoms. The highest BCUT2D eigenvalue weighted by molar-refractivity contribution is 5.98. The lowest BCUT2D eigenvalue weighted by Crippen LogP contribution is -2.62. The molecule has 19 nitrogen and oxygen atoms in total. The number of ether oxygens (including phenoxy) is 1. The first-order valence-electron chi connectivity index (χ1n) is 21.6. The Kier molecular flexibility index (Phi) is 22.5. The van der Waals surface area contributed by atoms with Crippen LogP contribution < -0.4 is 48.7 Å². The number of amides is 7. The lowest BCUT2D eigenvalue weighted by molar-refractivity contribution is -0.156. The normalized spacial score (nSPS) is 22.0. The molecule has 0 aromatic heterocycles. The Morgan fingerprint density at radius 3 is 1.85 bits per heavy atom. The number of cyclic esters (lactones) is 1. The van der Waals surface area contributed by atoms with Gasteiger partial charge in [0.05, 0.1) is 12.6 Å². The molecule has 0 saturated carbocycles. The van der Waals surface area contributed by atoms with Gasteiger partial charge in [-0.3, -0.25) is 33.6 Å². The number of carbonyl (C=O) groups is 8. The fourth-order valence-corrected chi connectivity index (χ4v) is 6.75. The number of rotatable bonds is 21. The fourth-order valence-electron chi connectivity index (χ4n) is 6.75. The maximum Gasteiger partial charge on any atom is 0.328 e. The van der Waals surface area contributed by atoms with Gasteiger partial charge in [-0.25, -0.2) is 4.79 Å². The van der Waals surface area contributed by atoms with Gasteiger partial charge in [-0.1, -0.05) is 71.9 Å². The van der Waals surface area contributed by atoms with Crippen LogP contribution in [0.5, 0.6) is 0 Å². The maximum absolute atomic E-state index is 13.8. The molecule has 1 aliphatic rings. The number of unbranched alkanes of at least 4 members (excludes halogenated alkanes) is 1. The summed E-state index contributed by atoms with van der Waals surface area (Å²) in [5.74, 6) is -6.43. The molecule has 12 N–H and O–H groups in total. The van der Waals surface area contributed by atoms with Crippen molar-refractivity contribution in [3.05, 3.63) is 35.9 Å². The summed E-state index contributed by atoms with van der Waals surface area (Å²) in [4.78, 5) is 108. The molecule has 348 valence electrons. The predicted molar refractivity (Wildman–Crippen MR) is 231 cm³/mol. The first kappa shape index (κ1) is 53.0. The van der Waals surface area contributed by atoms with Gasteiger partial charge in [-0.15, -0.1) is 0 Å². The second-order valence-corrected chi connectivity index (χ2v) is 17.3. The highest BCUT2D eigenvalue weighted by Crippen LogP contribution is 2.14. The SMILES string of the molecule is CC(C)C[C@@H]1NC(=O)[C@H](C)NC(=O)[C@H](NC(=O)[C@H](CO)NC(=O)[C@@H](CCCCN)NC(=O)[C@@H](CC(C)C)NC(=O)[C@@H](N)Cc2ccccc2)[C@H](C)OC(=O)[C@H](CC(C)C)NC1=O. The van der Waals surface area contributed by atoms with Gasteiger partial charge in [-0.05, 0) is 88.7 Å². The molecule has 9 atom stereocenters. The van der Waals surface area contributed by atoms with Crippen molar-refractivity contribution in [3.8, 4) is 0 Å². The number of aliphatic hydroxyl groups excluding tert-OH is 1. The summed E-state index contributed by atoms with van der Waals surface area (Å²) in [5, 5.41) is 28.4.